The molecule has 1 aliphatic heterocycles. The Labute approximate surface area is 176 Å². The van der Waals surface area contributed by atoms with Crippen molar-refractivity contribution >= 4 is 34.1 Å². The highest BCUT2D eigenvalue weighted by molar-refractivity contribution is 7.18. The van der Waals surface area contributed by atoms with Gasteiger partial charge in [-0.15, -0.1) is 11.3 Å². The molecule has 2 amide bonds. The number of anilines is 1. The number of thiophene rings is 1. The minimum absolute atomic E-state index is 0.110. The molecule has 3 N–H and O–H groups in total. The number of likely N-dealkylation sites (tertiary alicyclic amines) is 1. The summed E-state index contributed by atoms with van der Waals surface area (Å²) in [5, 5.41) is 5.90. The van der Waals surface area contributed by atoms with E-state index in [2.05, 4.69) is 10.6 Å². The zero-order chi connectivity index (χ0) is 21.0. The van der Waals surface area contributed by atoms with Gasteiger partial charge in [0.1, 0.15) is 5.00 Å². The fraction of sp³-hybridized carbons (Fsp3) is 0.667. The van der Waals surface area contributed by atoms with Crippen LogP contribution < -0.4 is 15.5 Å². The summed E-state index contributed by atoms with van der Waals surface area (Å²) in [5.41, 5.74) is 0.828. The van der Waals surface area contributed by atoms with Crippen LogP contribution in [0.3, 0.4) is 0 Å². The molecule has 1 unspecified atom stereocenters. The first-order chi connectivity index (χ1) is 14.0. The minimum Gasteiger partial charge on any atom is -0.462 e. The third kappa shape index (κ3) is 4.80. The maximum absolute atomic E-state index is 12.9. The molecule has 0 spiro atoms. The van der Waals surface area contributed by atoms with Crippen molar-refractivity contribution in [2.24, 2.45) is 5.92 Å². The van der Waals surface area contributed by atoms with Crippen LogP contribution in [0.25, 0.3) is 0 Å². The number of carbonyl (C=O) groups is 3. The molecule has 1 saturated carbocycles. The predicted molar refractivity (Wildman–Crippen MR) is 113 cm³/mol. The third-order valence-electron chi connectivity index (χ3n) is 6.21. The highest BCUT2D eigenvalue weighted by atomic mass is 32.1. The monoisotopic (exact) mass is 422 g/mol. The third-order valence-corrected chi connectivity index (χ3v) is 7.41. The second-order valence-corrected chi connectivity index (χ2v) is 9.01. The average Bonchev–Trinajstić information content (AvgIpc) is 3.03. The number of amides is 2. The molecule has 3 atom stereocenters. The summed E-state index contributed by atoms with van der Waals surface area (Å²) in [7, 11) is 1.55. The van der Waals surface area contributed by atoms with Gasteiger partial charge < -0.3 is 20.3 Å². The first-order valence-electron chi connectivity index (χ1n) is 10.6. The normalized spacial score (nSPS) is 23.8. The van der Waals surface area contributed by atoms with Gasteiger partial charge in [0, 0.05) is 13.0 Å². The molecule has 7 nitrogen and oxygen atoms in total. The van der Waals surface area contributed by atoms with E-state index in [1.54, 1.807) is 20.9 Å². The van der Waals surface area contributed by atoms with Gasteiger partial charge in [0.05, 0.1) is 29.6 Å². The van der Waals surface area contributed by atoms with Crippen LogP contribution in [-0.4, -0.2) is 50.6 Å². The van der Waals surface area contributed by atoms with E-state index in [4.69, 9.17) is 4.74 Å². The van der Waals surface area contributed by atoms with Crippen molar-refractivity contribution in [1.82, 2.24) is 5.32 Å². The topological polar surface area (TPSA) is 88.9 Å². The average molecular weight is 423 g/mol. The second-order valence-electron chi connectivity index (χ2n) is 7.99. The number of fused-ring (bicyclic) bond motifs is 1. The van der Waals surface area contributed by atoms with Crippen LogP contribution in [0.15, 0.2) is 0 Å². The smallest absolute Gasteiger partial charge is 0.341 e. The molecule has 0 aromatic carbocycles. The Morgan fingerprint density at radius 2 is 1.90 bits per heavy atom. The lowest BCUT2D eigenvalue weighted by molar-refractivity contribution is -0.928. The Morgan fingerprint density at radius 1 is 1.17 bits per heavy atom. The van der Waals surface area contributed by atoms with E-state index < -0.39 is 5.97 Å². The second kappa shape index (κ2) is 9.71. The summed E-state index contributed by atoms with van der Waals surface area (Å²) in [6.45, 7) is 5.10. The number of hydrogen-bond donors (Lipinski definition) is 3. The van der Waals surface area contributed by atoms with Crippen molar-refractivity contribution in [3.05, 3.63) is 16.0 Å². The van der Waals surface area contributed by atoms with Gasteiger partial charge in [0.15, 0.2) is 6.54 Å². The van der Waals surface area contributed by atoms with Crippen molar-refractivity contribution < 1.29 is 24.0 Å². The van der Waals surface area contributed by atoms with E-state index in [0.717, 1.165) is 30.2 Å². The summed E-state index contributed by atoms with van der Waals surface area (Å²) in [4.78, 5) is 39.3. The Morgan fingerprint density at radius 3 is 2.62 bits per heavy atom. The number of piperidine rings is 1. The number of ether oxygens (including phenoxy) is 1. The molecule has 1 aromatic rings. The molecule has 1 aromatic heterocycles. The van der Waals surface area contributed by atoms with Gasteiger partial charge in [-0.1, -0.05) is 6.42 Å². The van der Waals surface area contributed by atoms with Gasteiger partial charge in [-0.2, -0.15) is 0 Å². The Kier molecular flexibility index (Phi) is 7.29. The van der Waals surface area contributed by atoms with Gasteiger partial charge in [-0.25, -0.2) is 4.79 Å². The molecule has 1 saturated heterocycles. The number of hydrogen-bond acceptors (Lipinski definition) is 5. The quantitative estimate of drug-likeness (QED) is 0.610. The number of esters is 1. The molecule has 2 heterocycles. The molecular weight excluding hydrogens is 390 g/mol. The van der Waals surface area contributed by atoms with Gasteiger partial charge in [-0.05, 0) is 51.5 Å². The van der Waals surface area contributed by atoms with E-state index in [1.165, 1.54) is 37.0 Å². The molecule has 2 fully saturated rings. The zero-order valence-corrected chi connectivity index (χ0v) is 18.4. The lowest BCUT2D eigenvalue weighted by atomic mass is 9.78. The fourth-order valence-electron chi connectivity index (χ4n) is 4.84. The first kappa shape index (κ1) is 21.8. The Bertz CT molecular complexity index is 774. The van der Waals surface area contributed by atoms with E-state index in [1.807, 2.05) is 0 Å². The van der Waals surface area contributed by atoms with Crippen molar-refractivity contribution in [3.63, 3.8) is 0 Å². The lowest BCUT2D eigenvalue weighted by Gasteiger charge is -2.40. The highest BCUT2D eigenvalue weighted by Crippen LogP contribution is 2.34. The van der Waals surface area contributed by atoms with Crippen LogP contribution in [0.5, 0.6) is 0 Å². The van der Waals surface area contributed by atoms with E-state index in [9.17, 15) is 14.4 Å². The SMILES string of the molecule is CCOC(=O)c1c(NC(=O)C[NH+]2CCC[C@H]3CCCC[C@@H]32)sc(C(=O)NC)c1C. The summed E-state index contributed by atoms with van der Waals surface area (Å²) >= 11 is 1.13. The van der Waals surface area contributed by atoms with E-state index in [-0.39, 0.29) is 24.0 Å². The molecule has 8 heteroatoms. The number of rotatable bonds is 6. The fourth-order valence-corrected chi connectivity index (χ4v) is 6.00. The van der Waals surface area contributed by atoms with Gasteiger partial charge in [0.25, 0.3) is 11.8 Å². The van der Waals surface area contributed by atoms with Crippen LogP contribution in [0.4, 0.5) is 5.00 Å². The van der Waals surface area contributed by atoms with Crippen molar-refractivity contribution in [1.29, 1.82) is 0 Å². The number of nitrogens with one attached hydrogen (secondary N) is 3. The maximum atomic E-state index is 12.9. The lowest BCUT2D eigenvalue weighted by Crippen LogP contribution is -3.18. The number of carbonyl (C=O) groups excluding carboxylic acids is 3. The summed E-state index contributed by atoms with van der Waals surface area (Å²) in [6, 6.07) is 0.569. The van der Waals surface area contributed by atoms with Gasteiger partial charge in [0.2, 0.25) is 0 Å². The molecule has 0 bridgehead atoms. The molecule has 0 radical (unpaired) electrons. The molecule has 29 heavy (non-hydrogen) atoms. The van der Waals surface area contributed by atoms with Crippen molar-refractivity contribution in [2.45, 2.75) is 58.4 Å². The van der Waals surface area contributed by atoms with Crippen LogP contribution in [0, 0.1) is 12.8 Å². The predicted octanol–water partition coefficient (Wildman–Crippen LogP) is 1.77. The number of quaternary nitrogens is 1. The Hall–Kier alpha value is -1.93. The zero-order valence-electron chi connectivity index (χ0n) is 17.6. The standard InChI is InChI=1S/C21H31N3O4S/c1-4-28-21(27)17-13(2)18(19(26)22-3)29-20(17)23-16(25)12-24-11-7-9-14-8-5-6-10-15(14)24/h14-15H,4-12H2,1-3H3,(H,22,26)(H,23,25)/p+1/t14-,15+/m1/s1. The van der Waals surface area contributed by atoms with E-state index >= 15 is 0 Å². The molecule has 1 aliphatic carbocycles. The van der Waals surface area contributed by atoms with Crippen LogP contribution in [0.2, 0.25) is 0 Å². The molecule has 160 valence electrons. The van der Waals surface area contributed by atoms with Gasteiger partial charge in [-0.3, -0.25) is 9.59 Å². The van der Waals surface area contributed by atoms with Crippen LogP contribution >= 0.6 is 11.3 Å². The summed E-state index contributed by atoms with van der Waals surface area (Å²) in [5.74, 6) is -0.157. The maximum Gasteiger partial charge on any atom is 0.341 e. The highest BCUT2D eigenvalue weighted by Gasteiger charge is 2.37. The molecule has 2 aliphatic rings. The largest absolute Gasteiger partial charge is 0.462 e. The summed E-state index contributed by atoms with van der Waals surface area (Å²) < 4.78 is 5.16. The first-order valence-corrected chi connectivity index (χ1v) is 11.4. The Balaban J connectivity index is 1.76. The van der Waals surface area contributed by atoms with E-state index in [0.29, 0.717) is 28.0 Å². The van der Waals surface area contributed by atoms with Gasteiger partial charge >= 0.3 is 5.97 Å². The molecule has 3 rings (SSSR count). The summed E-state index contributed by atoms with van der Waals surface area (Å²) in [6.07, 6.45) is 7.47. The van der Waals surface area contributed by atoms with Crippen LogP contribution in [0.1, 0.15) is 71.0 Å². The minimum atomic E-state index is -0.510. The van der Waals surface area contributed by atoms with Crippen LogP contribution in [-0.2, 0) is 9.53 Å². The van der Waals surface area contributed by atoms with Crippen molar-refractivity contribution in [2.75, 3.05) is 32.1 Å². The van der Waals surface area contributed by atoms with Crippen molar-refractivity contribution in [3.8, 4) is 0 Å². The molecular formula is C21H32N3O4S+.